The first-order valence-corrected chi connectivity index (χ1v) is 5.66. The number of nitrogens with zero attached hydrogens (tertiary/aromatic N) is 1. The van der Waals surface area contributed by atoms with Crippen LogP contribution in [0.15, 0.2) is 34.9 Å². The maximum atomic E-state index is 11.7. The second kappa shape index (κ2) is 5.35. The SMILES string of the molecule is Cc1ccc(CNC(=O)Cc2ccc(N)cn2)o1. The summed E-state index contributed by atoms with van der Waals surface area (Å²) in [7, 11) is 0. The van der Waals surface area contributed by atoms with Crippen LogP contribution in [-0.4, -0.2) is 10.9 Å². The van der Waals surface area contributed by atoms with Crippen molar-refractivity contribution in [3.8, 4) is 0 Å². The van der Waals surface area contributed by atoms with Crippen LogP contribution in [0.4, 0.5) is 5.69 Å². The number of nitrogen functional groups attached to an aromatic ring is 1. The van der Waals surface area contributed by atoms with Crippen molar-refractivity contribution in [1.82, 2.24) is 10.3 Å². The Morgan fingerprint density at radius 2 is 2.22 bits per heavy atom. The zero-order chi connectivity index (χ0) is 13.0. The van der Waals surface area contributed by atoms with E-state index in [0.717, 1.165) is 11.5 Å². The zero-order valence-electron chi connectivity index (χ0n) is 10.1. The maximum absolute atomic E-state index is 11.7. The molecule has 0 saturated heterocycles. The number of aryl methyl sites for hydroxylation is 1. The number of aromatic nitrogens is 1. The second-order valence-corrected chi connectivity index (χ2v) is 4.05. The predicted octanol–water partition coefficient (Wildman–Crippen LogP) is 1.42. The number of pyridine rings is 1. The fourth-order valence-corrected chi connectivity index (χ4v) is 1.53. The number of nitrogens with one attached hydrogen (secondary N) is 1. The highest BCUT2D eigenvalue weighted by molar-refractivity contribution is 5.78. The molecule has 2 rings (SSSR count). The number of amides is 1. The van der Waals surface area contributed by atoms with Gasteiger partial charge in [-0.3, -0.25) is 9.78 Å². The van der Waals surface area contributed by atoms with Gasteiger partial charge in [-0.1, -0.05) is 0 Å². The molecule has 2 aromatic rings. The number of nitrogens with two attached hydrogens (primary N) is 1. The first kappa shape index (κ1) is 12.2. The van der Waals surface area contributed by atoms with E-state index in [1.165, 1.54) is 0 Å². The van der Waals surface area contributed by atoms with Crippen LogP contribution in [0.3, 0.4) is 0 Å². The number of carbonyl (C=O) groups excluding carboxylic acids is 1. The minimum absolute atomic E-state index is 0.0960. The van der Waals surface area contributed by atoms with Crippen molar-refractivity contribution in [3.63, 3.8) is 0 Å². The fourth-order valence-electron chi connectivity index (χ4n) is 1.53. The summed E-state index contributed by atoms with van der Waals surface area (Å²) in [6.07, 6.45) is 1.78. The highest BCUT2D eigenvalue weighted by Gasteiger charge is 2.05. The third-order valence-electron chi connectivity index (χ3n) is 2.45. The van der Waals surface area contributed by atoms with E-state index >= 15 is 0 Å². The van der Waals surface area contributed by atoms with Gasteiger partial charge in [-0.2, -0.15) is 0 Å². The average molecular weight is 245 g/mol. The Morgan fingerprint density at radius 3 is 2.83 bits per heavy atom. The molecule has 0 aliphatic rings. The van der Waals surface area contributed by atoms with E-state index in [1.54, 1.807) is 18.3 Å². The van der Waals surface area contributed by atoms with Crippen LogP contribution in [0.25, 0.3) is 0 Å². The lowest BCUT2D eigenvalue weighted by molar-refractivity contribution is -0.120. The van der Waals surface area contributed by atoms with Gasteiger partial charge in [0, 0.05) is 5.69 Å². The molecule has 0 bridgehead atoms. The number of furan rings is 1. The summed E-state index contributed by atoms with van der Waals surface area (Å²) in [5, 5.41) is 2.77. The van der Waals surface area contributed by atoms with Crippen molar-refractivity contribution in [1.29, 1.82) is 0 Å². The van der Waals surface area contributed by atoms with Crippen LogP contribution in [0, 0.1) is 6.92 Å². The molecule has 0 saturated carbocycles. The van der Waals surface area contributed by atoms with Gasteiger partial charge in [-0.25, -0.2) is 0 Å². The Labute approximate surface area is 105 Å². The second-order valence-electron chi connectivity index (χ2n) is 4.05. The Bertz CT molecular complexity index is 531. The number of anilines is 1. The molecular weight excluding hydrogens is 230 g/mol. The molecule has 5 heteroatoms. The van der Waals surface area contributed by atoms with Crippen molar-refractivity contribution < 1.29 is 9.21 Å². The molecule has 0 aliphatic heterocycles. The molecule has 0 radical (unpaired) electrons. The van der Waals surface area contributed by atoms with E-state index in [1.807, 2.05) is 19.1 Å². The van der Waals surface area contributed by atoms with Crippen LogP contribution in [0.1, 0.15) is 17.2 Å². The number of hydrogen-bond acceptors (Lipinski definition) is 4. The van der Waals surface area contributed by atoms with Gasteiger partial charge in [0.1, 0.15) is 11.5 Å². The van der Waals surface area contributed by atoms with Gasteiger partial charge in [-0.05, 0) is 31.2 Å². The molecule has 94 valence electrons. The Morgan fingerprint density at radius 1 is 1.39 bits per heavy atom. The van der Waals surface area contributed by atoms with Crippen molar-refractivity contribution in [3.05, 3.63) is 47.7 Å². The van der Waals surface area contributed by atoms with Gasteiger partial charge >= 0.3 is 0 Å². The van der Waals surface area contributed by atoms with E-state index in [2.05, 4.69) is 10.3 Å². The predicted molar refractivity (Wildman–Crippen MR) is 67.6 cm³/mol. The van der Waals surface area contributed by atoms with E-state index in [4.69, 9.17) is 10.2 Å². The standard InChI is InChI=1S/C13H15N3O2/c1-9-2-5-12(18-9)8-16-13(17)6-11-4-3-10(14)7-15-11/h2-5,7H,6,8,14H2,1H3,(H,16,17). The normalized spacial score (nSPS) is 10.3. The van der Waals surface area contributed by atoms with Crippen LogP contribution >= 0.6 is 0 Å². The van der Waals surface area contributed by atoms with E-state index in [9.17, 15) is 4.79 Å². The first-order chi connectivity index (χ1) is 8.63. The first-order valence-electron chi connectivity index (χ1n) is 5.66. The molecule has 0 atom stereocenters. The van der Waals surface area contributed by atoms with Crippen molar-refractivity contribution in [2.45, 2.75) is 19.9 Å². The minimum Gasteiger partial charge on any atom is -0.465 e. The number of rotatable bonds is 4. The number of carbonyl (C=O) groups is 1. The minimum atomic E-state index is -0.0960. The van der Waals surface area contributed by atoms with Gasteiger partial charge in [0.25, 0.3) is 0 Å². The molecule has 2 aromatic heterocycles. The summed E-state index contributed by atoms with van der Waals surface area (Å²) in [5.74, 6) is 1.48. The number of hydrogen-bond donors (Lipinski definition) is 2. The van der Waals surface area contributed by atoms with Gasteiger partial charge in [0.2, 0.25) is 5.91 Å². The summed E-state index contributed by atoms with van der Waals surface area (Å²) in [5.41, 5.74) is 6.80. The Hall–Kier alpha value is -2.30. The topological polar surface area (TPSA) is 81.2 Å². The summed E-state index contributed by atoms with van der Waals surface area (Å²) in [4.78, 5) is 15.7. The quantitative estimate of drug-likeness (QED) is 0.853. The van der Waals surface area contributed by atoms with Gasteiger partial charge in [-0.15, -0.1) is 0 Å². The monoisotopic (exact) mass is 245 g/mol. The lowest BCUT2D eigenvalue weighted by Gasteiger charge is -2.03. The summed E-state index contributed by atoms with van der Waals surface area (Å²) >= 11 is 0. The van der Waals surface area contributed by atoms with Gasteiger partial charge < -0.3 is 15.5 Å². The lowest BCUT2D eigenvalue weighted by Crippen LogP contribution is -2.24. The van der Waals surface area contributed by atoms with Gasteiger partial charge in [0.15, 0.2) is 0 Å². The Kier molecular flexibility index (Phi) is 3.62. The van der Waals surface area contributed by atoms with Crippen LogP contribution in [0.5, 0.6) is 0 Å². The third kappa shape index (κ3) is 3.35. The summed E-state index contributed by atoms with van der Waals surface area (Å²) in [6.45, 7) is 2.26. The molecule has 0 aromatic carbocycles. The molecule has 0 aliphatic carbocycles. The van der Waals surface area contributed by atoms with E-state index < -0.39 is 0 Å². The molecule has 0 fully saturated rings. The smallest absolute Gasteiger partial charge is 0.226 e. The average Bonchev–Trinajstić information content (AvgIpc) is 2.76. The summed E-state index contributed by atoms with van der Waals surface area (Å²) in [6, 6.07) is 7.18. The highest BCUT2D eigenvalue weighted by Crippen LogP contribution is 2.06. The van der Waals surface area contributed by atoms with E-state index in [0.29, 0.717) is 17.9 Å². The fraction of sp³-hybridized carbons (Fsp3) is 0.231. The lowest BCUT2D eigenvalue weighted by atomic mass is 10.2. The Balaban J connectivity index is 1.83. The maximum Gasteiger partial charge on any atom is 0.226 e. The molecule has 0 unspecified atom stereocenters. The van der Waals surface area contributed by atoms with Crippen LogP contribution in [0.2, 0.25) is 0 Å². The highest BCUT2D eigenvalue weighted by atomic mass is 16.3. The summed E-state index contributed by atoms with van der Waals surface area (Å²) < 4.78 is 5.35. The molecular formula is C13H15N3O2. The molecule has 2 heterocycles. The molecule has 3 N–H and O–H groups in total. The molecule has 1 amide bonds. The van der Waals surface area contributed by atoms with Crippen molar-refractivity contribution in [2.75, 3.05) is 5.73 Å². The zero-order valence-corrected chi connectivity index (χ0v) is 10.1. The van der Waals surface area contributed by atoms with Crippen molar-refractivity contribution >= 4 is 11.6 Å². The largest absolute Gasteiger partial charge is 0.465 e. The molecule has 18 heavy (non-hydrogen) atoms. The van der Waals surface area contributed by atoms with Crippen molar-refractivity contribution in [2.24, 2.45) is 0 Å². The van der Waals surface area contributed by atoms with Crippen LogP contribution < -0.4 is 11.1 Å². The van der Waals surface area contributed by atoms with Crippen LogP contribution in [-0.2, 0) is 17.8 Å². The third-order valence-corrected chi connectivity index (χ3v) is 2.45. The van der Waals surface area contributed by atoms with Gasteiger partial charge in [0.05, 0.1) is 24.8 Å². The molecule has 0 spiro atoms. The molecule has 5 nitrogen and oxygen atoms in total. The van der Waals surface area contributed by atoms with E-state index in [-0.39, 0.29) is 12.3 Å².